The van der Waals surface area contributed by atoms with Crippen LogP contribution in [-0.4, -0.2) is 38.2 Å². The number of alkyl halides is 1. The van der Waals surface area contributed by atoms with Gasteiger partial charge in [0, 0.05) is 11.3 Å². The van der Waals surface area contributed by atoms with Gasteiger partial charge < -0.3 is 5.11 Å². The summed E-state index contributed by atoms with van der Waals surface area (Å²) in [4.78, 5) is 14.8. The first-order chi connectivity index (χ1) is 14.7. The van der Waals surface area contributed by atoms with Gasteiger partial charge in [0.15, 0.2) is 5.78 Å². The van der Waals surface area contributed by atoms with Gasteiger partial charge in [-0.25, -0.2) is 0 Å². The Balaban J connectivity index is 1.36. The molecule has 172 valence electrons. The number of carbonyl (C=O) groups excluding carboxylic acids is 1. The average molecular weight is 432 g/mol. The quantitative estimate of drug-likeness (QED) is 0.761. The molecule has 8 atom stereocenters. The van der Waals surface area contributed by atoms with Crippen LogP contribution in [0.15, 0.2) is 6.20 Å². The molecule has 1 N–H and O–H groups in total. The highest BCUT2D eigenvalue weighted by Gasteiger charge is 2.63. The van der Waals surface area contributed by atoms with Crippen LogP contribution in [0.1, 0.15) is 77.3 Å². The van der Waals surface area contributed by atoms with E-state index in [0.29, 0.717) is 23.7 Å². The normalized spacial score (nSPS) is 46.8. The minimum absolute atomic E-state index is 0.0188. The van der Waals surface area contributed by atoms with Gasteiger partial charge in [-0.2, -0.15) is 15.0 Å². The maximum Gasteiger partial charge on any atom is 0.159 e. The molecule has 0 aromatic carbocycles. The van der Waals surface area contributed by atoms with Crippen molar-refractivity contribution >= 4 is 5.78 Å². The number of rotatable bonds is 4. The number of ketones is 1. The van der Waals surface area contributed by atoms with Crippen LogP contribution in [0.3, 0.4) is 0 Å². The summed E-state index contributed by atoms with van der Waals surface area (Å²) in [5.74, 6) is 2.09. The number of hydrogen-bond donors (Lipinski definition) is 1. The second kappa shape index (κ2) is 7.36. The van der Waals surface area contributed by atoms with Gasteiger partial charge >= 0.3 is 0 Å². The van der Waals surface area contributed by atoms with E-state index in [-0.39, 0.29) is 35.8 Å². The summed E-state index contributed by atoms with van der Waals surface area (Å²) in [6.07, 6.45) is 10.2. The summed E-state index contributed by atoms with van der Waals surface area (Å²) in [6.45, 7) is 6.18. The Labute approximate surface area is 185 Å². The van der Waals surface area contributed by atoms with E-state index < -0.39 is 5.60 Å². The topological polar surface area (TPSA) is 68.0 Å². The van der Waals surface area contributed by atoms with Crippen LogP contribution in [0.2, 0.25) is 0 Å². The largest absolute Gasteiger partial charge is 0.390 e. The fourth-order valence-corrected chi connectivity index (χ4v) is 8.73. The van der Waals surface area contributed by atoms with Crippen molar-refractivity contribution < 1.29 is 14.3 Å². The number of halogens is 1. The Morgan fingerprint density at radius 2 is 1.97 bits per heavy atom. The molecule has 4 saturated carbocycles. The van der Waals surface area contributed by atoms with E-state index in [4.69, 9.17) is 0 Å². The molecule has 4 fully saturated rings. The molecule has 5 nitrogen and oxygen atoms in total. The summed E-state index contributed by atoms with van der Waals surface area (Å²) in [5, 5.41) is 19.2. The number of aryl methyl sites for hydroxylation is 1. The lowest BCUT2D eigenvalue weighted by Crippen LogP contribution is -2.57. The zero-order valence-electron chi connectivity index (χ0n) is 19.3. The Hall–Kier alpha value is -1.30. The monoisotopic (exact) mass is 431 g/mol. The predicted molar refractivity (Wildman–Crippen MR) is 116 cm³/mol. The third kappa shape index (κ3) is 3.30. The highest BCUT2D eigenvalue weighted by molar-refractivity contribution is 5.82. The van der Waals surface area contributed by atoms with Crippen molar-refractivity contribution in [1.82, 2.24) is 15.0 Å². The van der Waals surface area contributed by atoms with E-state index >= 15 is 0 Å². The van der Waals surface area contributed by atoms with Gasteiger partial charge in [-0.15, -0.1) is 0 Å². The molecule has 1 aromatic heterocycles. The molecule has 0 radical (unpaired) electrons. The molecule has 0 aliphatic heterocycles. The second-order valence-electron chi connectivity index (χ2n) is 11.9. The van der Waals surface area contributed by atoms with Crippen molar-refractivity contribution in [3.05, 3.63) is 11.9 Å². The number of nitrogens with zero attached hydrogens (tertiary/aromatic N) is 3. The minimum Gasteiger partial charge on any atom is -0.390 e. The molecule has 6 heteroatoms. The molecule has 4 aliphatic carbocycles. The van der Waals surface area contributed by atoms with E-state index in [1.807, 2.05) is 13.8 Å². The third-order valence-corrected chi connectivity index (χ3v) is 10.2. The number of fused-ring (bicyclic) bond motifs is 5. The molecular weight excluding hydrogens is 393 g/mol. The predicted octanol–water partition coefficient (Wildman–Crippen LogP) is 4.52. The van der Waals surface area contributed by atoms with Gasteiger partial charge in [-0.1, -0.05) is 6.92 Å². The van der Waals surface area contributed by atoms with Crippen molar-refractivity contribution in [2.75, 3.05) is 6.67 Å². The SMILES string of the molecule is Cc1cnn(CC(=O)[C@H]2CC[C@H]3[C@@H]4CC[C@H]5C[C@](C)(O)CC[C@]5(CF)[C@H]4CC[C@]23C)n1. The lowest BCUT2D eigenvalue weighted by Gasteiger charge is -2.62. The summed E-state index contributed by atoms with van der Waals surface area (Å²) in [5.41, 5.74) is -0.0253. The standard InChI is InChI=1S/C25H38FN3O2/c1-16-13-27-29(28-16)14-22(30)21-7-6-19-18-5-4-17-12-23(2,31)10-11-25(17,15-26)20(18)8-9-24(19,21)3/h13,17-21,31H,4-12,14-15H2,1-3H3/t17-,18-,19-,20-,21+,23+,24-,25+/m0/s1. The lowest BCUT2D eigenvalue weighted by atomic mass is 9.43. The van der Waals surface area contributed by atoms with Crippen molar-refractivity contribution in [1.29, 1.82) is 0 Å². The van der Waals surface area contributed by atoms with Crippen molar-refractivity contribution in [2.45, 2.75) is 90.7 Å². The van der Waals surface area contributed by atoms with Crippen LogP contribution < -0.4 is 0 Å². The van der Waals surface area contributed by atoms with Gasteiger partial charge in [0.1, 0.15) is 6.54 Å². The molecule has 1 heterocycles. The lowest BCUT2D eigenvalue weighted by molar-refractivity contribution is -0.163. The highest BCUT2D eigenvalue weighted by Crippen LogP contribution is 2.68. The zero-order valence-corrected chi connectivity index (χ0v) is 19.3. The molecule has 31 heavy (non-hydrogen) atoms. The van der Waals surface area contributed by atoms with Crippen LogP contribution in [0, 0.1) is 47.3 Å². The van der Waals surface area contributed by atoms with E-state index in [1.54, 1.807) is 6.20 Å². The van der Waals surface area contributed by atoms with Gasteiger partial charge in [-0.3, -0.25) is 9.18 Å². The maximum atomic E-state index is 14.8. The number of aliphatic hydroxyl groups is 1. The van der Waals surface area contributed by atoms with Crippen LogP contribution in [-0.2, 0) is 11.3 Å². The first kappa shape index (κ1) is 21.5. The number of aromatic nitrogens is 3. The highest BCUT2D eigenvalue weighted by atomic mass is 19.1. The van der Waals surface area contributed by atoms with Crippen molar-refractivity contribution in [2.24, 2.45) is 40.4 Å². The number of carbonyl (C=O) groups is 1. The fourth-order valence-electron chi connectivity index (χ4n) is 8.73. The summed E-state index contributed by atoms with van der Waals surface area (Å²) < 4.78 is 14.8. The second-order valence-corrected chi connectivity index (χ2v) is 11.9. The summed E-state index contributed by atoms with van der Waals surface area (Å²) >= 11 is 0. The van der Waals surface area contributed by atoms with Crippen LogP contribution in [0.5, 0.6) is 0 Å². The van der Waals surface area contributed by atoms with Crippen molar-refractivity contribution in [3.8, 4) is 0 Å². The van der Waals surface area contributed by atoms with Crippen LogP contribution >= 0.6 is 0 Å². The summed E-state index contributed by atoms with van der Waals surface area (Å²) in [7, 11) is 0. The molecular formula is C25H38FN3O2. The van der Waals surface area contributed by atoms with E-state index in [1.165, 1.54) is 4.80 Å². The molecule has 0 bridgehead atoms. The first-order valence-corrected chi connectivity index (χ1v) is 12.4. The van der Waals surface area contributed by atoms with E-state index in [0.717, 1.165) is 63.5 Å². The van der Waals surface area contributed by atoms with Gasteiger partial charge in [0.05, 0.1) is 24.2 Å². The Morgan fingerprint density at radius 1 is 1.16 bits per heavy atom. The van der Waals surface area contributed by atoms with E-state index in [2.05, 4.69) is 17.1 Å². The number of Topliss-reactive ketones (excluding diaryl/α,β-unsaturated/α-hetero) is 1. The maximum absolute atomic E-state index is 14.8. The Bertz CT molecular complexity index is 854. The summed E-state index contributed by atoms with van der Waals surface area (Å²) in [6, 6.07) is 0. The molecule has 1 aromatic rings. The first-order valence-electron chi connectivity index (χ1n) is 12.4. The fraction of sp³-hybridized carbons (Fsp3) is 0.880. The molecule has 0 spiro atoms. The number of hydrogen-bond acceptors (Lipinski definition) is 4. The minimum atomic E-state index is -0.636. The van der Waals surface area contributed by atoms with Gasteiger partial charge in [-0.05, 0) is 101 Å². The average Bonchev–Trinajstić information content (AvgIpc) is 3.29. The Kier molecular flexibility index (Phi) is 5.11. The smallest absolute Gasteiger partial charge is 0.159 e. The third-order valence-electron chi connectivity index (χ3n) is 10.2. The van der Waals surface area contributed by atoms with Crippen LogP contribution in [0.25, 0.3) is 0 Å². The Morgan fingerprint density at radius 3 is 2.68 bits per heavy atom. The van der Waals surface area contributed by atoms with Gasteiger partial charge in [0.2, 0.25) is 0 Å². The molecule has 5 rings (SSSR count). The molecule has 0 unspecified atom stereocenters. The zero-order chi connectivity index (χ0) is 22.0. The molecule has 4 aliphatic rings. The molecule has 0 amide bonds. The van der Waals surface area contributed by atoms with Crippen molar-refractivity contribution in [3.63, 3.8) is 0 Å². The van der Waals surface area contributed by atoms with Gasteiger partial charge in [0.25, 0.3) is 0 Å². The van der Waals surface area contributed by atoms with E-state index in [9.17, 15) is 14.3 Å². The van der Waals surface area contributed by atoms with Crippen LogP contribution in [0.4, 0.5) is 4.39 Å². The molecule has 0 saturated heterocycles.